The minimum atomic E-state index is -4.10. The Morgan fingerprint density at radius 2 is 1.26 bits per heavy atom. The summed E-state index contributed by atoms with van der Waals surface area (Å²) in [6.07, 6.45) is 0. The van der Waals surface area contributed by atoms with Gasteiger partial charge < -0.3 is 5.32 Å². The first-order valence-electron chi connectivity index (χ1n) is 8.85. The average molecular weight is 480 g/mol. The van der Waals surface area contributed by atoms with Gasteiger partial charge in [-0.3, -0.25) is 4.72 Å². The van der Waals surface area contributed by atoms with Crippen LogP contribution in [0.5, 0.6) is 0 Å². The number of anilines is 2. The summed E-state index contributed by atoms with van der Waals surface area (Å²) < 4.78 is 54.2. The van der Waals surface area contributed by atoms with Crippen LogP contribution >= 0.6 is 11.6 Å². The van der Waals surface area contributed by atoms with Crippen LogP contribution in [0.1, 0.15) is 5.56 Å². The minimum absolute atomic E-state index is 0.0295. The molecule has 11 heteroatoms. The number of aryl methyl sites for hydroxylation is 1. The molecule has 0 aromatic heterocycles. The van der Waals surface area contributed by atoms with Crippen molar-refractivity contribution in [3.63, 3.8) is 0 Å². The van der Waals surface area contributed by atoms with Crippen LogP contribution in [0.2, 0.25) is 5.02 Å². The molecule has 0 saturated heterocycles. The van der Waals surface area contributed by atoms with Gasteiger partial charge in [0.05, 0.1) is 21.2 Å². The fourth-order valence-corrected chi connectivity index (χ4v) is 4.66. The number of benzene rings is 3. The lowest BCUT2D eigenvalue weighted by Crippen LogP contribution is -2.34. The van der Waals surface area contributed by atoms with Crippen molar-refractivity contribution in [2.75, 3.05) is 10.0 Å². The largest absolute Gasteiger partial charge is 0.333 e. The SMILES string of the molecule is Cc1ccc(S(=O)(=O)NC(=O)Nc2ccccc2NS(=O)(=O)c2ccc(Cl)cc2)cc1. The molecule has 3 N–H and O–H groups in total. The molecule has 3 aromatic rings. The lowest BCUT2D eigenvalue weighted by atomic mass is 10.2. The molecule has 2 amide bonds. The number of rotatable bonds is 6. The molecule has 0 fully saturated rings. The zero-order chi connectivity index (χ0) is 22.6. The number of hydrogen-bond acceptors (Lipinski definition) is 5. The van der Waals surface area contributed by atoms with Crippen molar-refractivity contribution >= 4 is 49.1 Å². The first-order valence-corrected chi connectivity index (χ1v) is 12.2. The third-order valence-electron chi connectivity index (χ3n) is 4.10. The highest BCUT2D eigenvalue weighted by Gasteiger charge is 2.20. The number of carbonyl (C=O) groups excluding carboxylic acids is 1. The summed E-state index contributed by atoms with van der Waals surface area (Å²) in [7, 11) is -8.07. The molecule has 0 bridgehead atoms. The maximum atomic E-state index is 12.6. The number of hydrogen-bond donors (Lipinski definition) is 3. The van der Waals surface area contributed by atoms with Gasteiger partial charge in [0.1, 0.15) is 0 Å². The average Bonchev–Trinajstić information content (AvgIpc) is 2.69. The van der Waals surface area contributed by atoms with Crippen molar-refractivity contribution in [2.45, 2.75) is 16.7 Å². The van der Waals surface area contributed by atoms with E-state index in [0.717, 1.165) is 5.56 Å². The molecule has 0 saturated carbocycles. The zero-order valence-electron chi connectivity index (χ0n) is 16.2. The lowest BCUT2D eigenvalue weighted by Gasteiger charge is -2.14. The Balaban J connectivity index is 1.78. The standard InChI is InChI=1S/C20H18ClN3O5S2/c1-14-6-10-16(11-7-14)31(28,29)24-20(25)22-18-4-2-3-5-19(18)23-30(26,27)17-12-8-15(21)9-13-17/h2-13,23H,1H3,(H2,22,24,25). The summed E-state index contributed by atoms with van der Waals surface area (Å²) in [5.74, 6) is 0. The van der Waals surface area contributed by atoms with Crippen LogP contribution in [-0.2, 0) is 20.0 Å². The number of amides is 2. The molecule has 0 aliphatic carbocycles. The first kappa shape index (κ1) is 22.6. The topological polar surface area (TPSA) is 121 Å². The van der Waals surface area contributed by atoms with Gasteiger partial charge in [0.2, 0.25) is 0 Å². The van der Waals surface area contributed by atoms with Crippen LogP contribution < -0.4 is 14.8 Å². The second-order valence-electron chi connectivity index (χ2n) is 6.48. The summed E-state index contributed by atoms with van der Waals surface area (Å²) in [5.41, 5.74) is 0.988. The van der Waals surface area contributed by atoms with Gasteiger partial charge in [-0.25, -0.2) is 26.4 Å². The molecular weight excluding hydrogens is 462 g/mol. The molecule has 0 spiro atoms. The molecule has 3 aromatic carbocycles. The Kier molecular flexibility index (Phi) is 6.54. The van der Waals surface area contributed by atoms with Gasteiger partial charge in [0.25, 0.3) is 20.0 Å². The Hall–Kier alpha value is -3.08. The predicted octanol–water partition coefficient (Wildman–Crippen LogP) is 3.96. The quantitative estimate of drug-likeness (QED) is 0.494. The van der Waals surface area contributed by atoms with Gasteiger partial charge in [-0.2, -0.15) is 0 Å². The van der Waals surface area contributed by atoms with Gasteiger partial charge in [-0.15, -0.1) is 0 Å². The fourth-order valence-electron chi connectivity index (χ4n) is 2.54. The van der Waals surface area contributed by atoms with Gasteiger partial charge in [0.15, 0.2) is 0 Å². The van der Waals surface area contributed by atoms with Crippen molar-refractivity contribution in [3.8, 4) is 0 Å². The van der Waals surface area contributed by atoms with Crippen molar-refractivity contribution in [3.05, 3.63) is 83.4 Å². The molecular formula is C20H18ClN3O5S2. The molecule has 0 radical (unpaired) electrons. The Bertz CT molecular complexity index is 1310. The second-order valence-corrected chi connectivity index (χ2v) is 10.3. The predicted molar refractivity (Wildman–Crippen MR) is 119 cm³/mol. The summed E-state index contributed by atoms with van der Waals surface area (Å²) in [6, 6.07) is 16.4. The van der Waals surface area contributed by atoms with Crippen LogP contribution in [0.15, 0.2) is 82.6 Å². The van der Waals surface area contributed by atoms with E-state index >= 15 is 0 Å². The van der Waals surface area contributed by atoms with E-state index in [1.165, 1.54) is 48.5 Å². The highest BCUT2D eigenvalue weighted by Crippen LogP contribution is 2.25. The van der Waals surface area contributed by atoms with Crippen LogP contribution in [-0.4, -0.2) is 22.9 Å². The van der Waals surface area contributed by atoms with E-state index in [4.69, 9.17) is 11.6 Å². The number of para-hydroxylation sites is 2. The van der Waals surface area contributed by atoms with Gasteiger partial charge in [-0.1, -0.05) is 41.4 Å². The minimum Gasteiger partial charge on any atom is -0.305 e. The molecule has 162 valence electrons. The maximum absolute atomic E-state index is 12.6. The van der Waals surface area contributed by atoms with Crippen LogP contribution in [0.25, 0.3) is 0 Å². The van der Waals surface area contributed by atoms with Crippen LogP contribution in [0, 0.1) is 6.92 Å². The molecule has 0 unspecified atom stereocenters. The van der Waals surface area contributed by atoms with Gasteiger partial charge in [-0.05, 0) is 55.5 Å². The van der Waals surface area contributed by atoms with E-state index in [9.17, 15) is 21.6 Å². The number of halogens is 1. The lowest BCUT2D eigenvalue weighted by molar-refractivity contribution is 0.256. The second kappa shape index (κ2) is 8.96. The van der Waals surface area contributed by atoms with E-state index in [2.05, 4.69) is 10.0 Å². The fraction of sp³-hybridized carbons (Fsp3) is 0.0500. The van der Waals surface area contributed by atoms with E-state index in [1.807, 2.05) is 4.72 Å². The van der Waals surface area contributed by atoms with Gasteiger partial charge >= 0.3 is 6.03 Å². The molecule has 0 heterocycles. The number of carbonyl (C=O) groups is 1. The highest BCUT2D eigenvalue weighted by molar-refractivity contribution is 7.92. The smallest absolute Gasteiger partial charge is 0.305 e. The van der Waals surface area contributed by atoms with Gasteiger partial charge in [0, 0.05) is 5.02 Å². The van der Waals surface area contributed by atoms with Crippen molar-refractivity contribution in [1.82, 2.24) is 4.72 Å². The number of sulfonamides is 2. The maximum Gasteiger partial charge on any atom is 0.333 e. The van der Waals surface area contributed by atoms with Crippen LogP contribution in [0.3, 0.4) is 0 Å². The Morgan fingerprint density at radius 3 is 1.87 bits per heavy atom. The summed E-state index contributed by atoms with van der Waals surface area (Å²) >= 11 is 5.79. The van der Waals surface area contributed by atoms with E-state index in [-0.39, 0.29) is 21.2 Å². The van der Waals surface area contributed by atoms with E-state index < -0.39 is 26.1 Å². The van der Waals surface area contributed by atoms with Crippen molar-refractivity contribution in [2.24, 2.45) is 0 Å². The summed E-state index contributed by atoms with van der Waals surface area (Å²) in [5, 5.41) is 2.74. The van der Waals surface area contributed by atoms with Crippen LogP contribution in [0.4, 0.5) is 16.2 Å². The van der Waals surface area contributed by atoms with Crippen molar-refractivity contribution in [1.29, 1.82) is 0 Å². The van der Waals surface area contributed by atoms with Crippen molar-refractivity contribution < 1.29 is 21.6 Å². The molecule has 0 atom stereocenters. The highest BCUT2D eigenvalue weighted by atomic mass is 35.5. The van der Waals surface area contributed by atoms with E-state index in [1.54, 1.807) is 31.2 Å². The Morgan fingerprint density at radius 1 is 0.742 bits per heavy atom. The molecule has 0 aliphatic heterocycles. The molecule has 8 nitrogen and oxygen atoms in total. The zero-order valence-corrected chi connectivity index (χ0v) is 18.6. The number of nitrogens with one attached hydrogen (secondary N) is 3. The Labute approximate surface area is 185 Å². The first-order chi connectivity index (χ1) is 14.6. The normalized spacial score (nSPS) is 11.5. The monoisotopic (exact) mass is 479 g/mol. The summed E-state index contributed by atoms with van der Waals surface area (Å²) in [6.45, 7) is 1.80. The summed E-state index contributed by atoms with van der Waals surface area (Å²) in [4.78, 5) is 12.2. The molecule has 0 aliphatic rings. The number of urea groups is 1. The molecule has 3 rings (SSSR count). The third kappa shape index (κ3) is 5.75. The third-order valence-corrected chi connectivity index (χ3v) is 7.08. The molecule has 31 heavy (non-hydrogen) atoms. The van der Waals surface area contributed by atoms with E-state index in [0.29, 0.717) is 5.02 Å².